The molecule has 0 aromatic heterocycles. The van der Waals surface area contributed by atoms with Gasteiger partial charge in [-0.3, -0.25) is 13.8 Å². The largest absolute Gasteiger partial charge is 0.453 e. The van der Waals surface area contributed by atoms with Crippen LogP contribution in [0.5, 0.6) is 0 Å². The fraction of sp³-hybridized carbons (Fsp3) is 0.429. The topological polar surface area (TPSA) is 124 Å². The van der Waals surface area contributed by atoms with Crippen LogP contribution in [0.25, 0.3) is 0 Å². The predicted molar refractivity (Wildman–Crippen MR) is 178 cm³/mol. The summed E-state index contributed by atoms with van der Waals surface area (Å²) in [4.78, 5) is 24.4. The molecule has 0 amide bonds. The van der Waals surface area contributed by atoms with Gasteiger partial charge < -0.3 is 23.4 Å². The van der Waals surface area contributed by atoms with E-state index in [1.807, 2.05) is 67.6 Å². The highest BCUT2D eigenvalue weighted by Gasteiger charge is 2.61. The van der Waals surface area contributed by atoms with E-state index < -0.39 is 59.5 Å². The van der Waals surface area contributed by atoms with Gasteiger partial charge in [-0.1, -0.05) is 99.1 Å². The highest BCUT2D eigenvalue weighted by molar-refractivity contribution is 7.86. The zero-order valence-corrected chi connectivity index (χ0v) is 29.7. The molecule has 254 valence electrons. The van der Waals surface area contributed by atoms with Crippen LogP contribution >= 0.6 is 0 Å². The molecule has 1 heterocycles. The third-order valence-corrected chi connectivity index (χ3v) is 14.6. The molecule has 4 rings (SSSR count). The van der Waals surface area contributed by atoms with Crippen LogP contribution in [0.3, 0.4) is 0 Å². The number of esters is 2. The SMILES string of the molecule is CO[C@H]1[C@@H](OC(C)=O)C(OC(C)=O)O[C@]1(CCOS(=O)(=O)c1ccc(C)cc1)CO[Si](c1ccccc1)(c1ccccc1)C(C)(C)C. The number of aryl methyl sites for hydroxylation is 1. The van der Waals surface area contributed by atoms with E-state index in [1.165, 1.54) is 33.1 Å². The minimum atomic E-state index is -4.14. The van der Waals surface area contributed by atoms with Crippen molar-refractivity contribution >= 4 is 40.7 Å². The lowest BCUT2D eigenvalue weighted by atomic mass is 9.92. The number of ether oxygens (including phenoxy) is 4. The van der Waals surface area contributed by atoms with Crippen molar-refractivity contribution in [3.05, 3.63) is 90.5 Å². The Balaban J connectivity index is 1.80. The Morgan fingerprint density at radius 1 is 0.851 bits per heavy atom. The van der Waals surface area contributed by atoms with Crippen LogP contribution in [0.15, 0.2) is 89.8 Å². The number of hydrogen-bond acceptors (Lipinski definition) is 10. The van der Waals surface area contributed by atoms with Crippen molar-refractivity contribution in [1.29, 1.82) is 0 Å². The molecule has 1 saturated heterocycles. The van der Waals surface area contributed by atoms with Gasteiger partial charge in [-0.2, -0.15) is 8.42 Å². The van der Waals surface area contributed by atoms with Crippen molar-refractivity contribution in [3.63, 3.8) is 0 Å². The molecule has 0 radical (unpaired) electrons. The minimum Gasteiger partial charge on any atom is -0.453 e. The first-order chi connectivity index (χ1) is 22.1. The highest BCUT2D eigenvalue weighted by Crippen LogP contribution is 2.42. The number of carbonyl (C=O) groups is 2. The molecule has 47 heavy (non-hydrogen) atoms. The van der Waals surface area contributed by atoms with Crippen LogP contribution in [0, 0.1) is 6.92 Å². The summed E-state index contributed by atoms with van der Waals surface area (Å²) in [6.45, 7) is 10.2. The Bertz CT molecular complexity index is 1570. The molecule has 0 saturated carbocycles. The Morgan fingerprint density at radius 3 is 1.85 bits per heavy atom. The maximum Gasteiger partial charge on any atom is 0.305 e. The zero-order valence-electron chi connectivity index (χ0n) is 27.9. The van der Waals surface area contributed by atoms with Gasteiger partial charge in [0, 0.05) is 27.4 Å². The molecular weight excluding hydrogens is 641 g/mol. The van der Waals surface area contributed by atoms with E-state index in [-0.39, 0.29) is 24.5 Å². The molecule has 0 aliphatic carbocycles. The number of methoxy groups -OCH3 is 1. The summed E-state index contributed by atoms with van der Waals surface area (Å²) in [7, 11) is -5.88. The van der Waals surface area contributed by atoms with Crippen molar-refractivity contribution in [2.45, 2.75) is 82.0 Å². The highest BCUT2D eigenvalue weighted by atomic mass is 32.2. The van der Waals surface area contributed by atoms with Crippen molar-refractivity contribution in [2.24, 2.45) is 0 Å². The van der Waals surface area contributed by atoms with E-state index in [0.717, 1.165) is 15.9 Å². The lowest BCUT2D eigenvalue weighted by molar-refractivity contribution is -0.209. The molecular formula is C35H44O10SSi. The Labute approximate surface area is 278 Å². The Hall–Kier alpha value is -3.39. The molecule has 4 atom stereocenters. The fourth-order valence-electron chi connectivity index (χ4n) is 6.20. The van der Waals surface area contributed by atoms with Gasteiger partial charge in [0.1, 0.15) is 11.7 Å². The molecule has 1 unspecified atom stereocenters. The number of rotatable bonds is 13. The first-order valence-electron chi connectivity index (χ1n) is 15.4. The maximum atomic E-state index is 13.2. The lowest BCUT2D eigenvalue weighted by Crippen LogP contribution is -2.68. The maximum absolute atomic E-state index is 13.2. The third kappa shape index (κ3) is 8.02. The normalized spacial score (nSPS) is 21.7. The number of carbonyl (C=O) groups excluding carboxylic acids is 2. The monoisotopic (exact) mass is 684 g/mol. The Kier molecular flexibility index (Phi) is 11.5. The van der Waals surface area contributed by atoms with Crippen LogP contribution in [0.4, 0.5) is 0 Å². The number of hydrogen-bond donors (Lipinski definition) is 0. The molecule has 0 N–H and O–H groups in total. The molecule has 3 aromatic carbocycles. The second-order valence-electron chi connectivity index (χ2n) is 12.7. The lowest BCUT2D eigenvalue weighted by Gasteiger charge is -2.45. The van der Waals surface area contributed by atoms with Crippen molar-refractivity contribution < 1.29 is 45.6 Å². The summed E-state index contributed by atoms with van der Waals surface area (Å²) in [6, 6.07) is 26.2. The molecule has 0 spiro atoms. The van der Waals surface area contributed by atoms with Crippen molar-refractivity contribution in [3.8, 4) is 0 Å². The quantitative estimate of drug-likeness (QED) is 0.147. The van der Waals surface area contributed by atoms with E-state index in [4.69, 9.17) is 27.6 Å². The standard InChI is InChI=1S/C35H44O10SSi/c1-25-18-20-28(21-19-25)46(38,39)41-23-22-35(32(40-7)31(43-26(2)36)33(45-35)44-27(3)37)24-42-47(34(4,5)6,29-14-10-8-11-15-29)30-16-12-9-13-17-30/h8-21,31-33H,22-24H2,1-7H3/t31-,32+,33?,35-/m1/s1. The van der Waals surface area contributed by atoms with Crippen LogP contribution in [-0.4, -0.2) is 73.1 Å². The molecule has 1 aliphatic rings. The second-order valence-corrected chi connectivity index (χ2v) is 18.6. The van der Waals surface area contributed by atoms with E-state index in [9.17, 15) is 18.0 Å². The Morgan fingerprint density at radius 2 is 1.38 bits per heavy atom. The van der Waals surface area contributed by atoms with Gasteiger partial charge in [-0.15, -0.1) is 0 Å². The fourth-order valence-corrected chi connectivity index (χ4v) is 11.7. The zero-order chi connectivity index (χ0) is 34.5. The molecule has 3 aromatic rings. The van der Waals surface area contributed by atoms with Crippen LogP contribution in [0.1, 0.15) is 46.6 Å². The third-order valence-electron chi connectivity index (χ3n) is 8.30. The van der Waals surface area contributed by atoms with Gasteiger partial charge in [0.05, 0.1) is 18.1 Å². The molecule has 1 aliphatic heterocycles. The second kappa shape index (κ2) is 14.8. The van der Waals surface area contributed by atoms with E-state index in [1.54, 1.807) is 12.1 Å². The van der Waals surface area contributed by atoms with Crippen LogP contribution in [0.2, 0.25) is 5.04 Å². The van der Waals surface area contributed by atoms with Crippen molar-refractivity contribution in [2.75, 3.05) is 20.3 Å². The smallest absolute Gasteiger partial charge is 0.305 e. The average Bonchev–Trinajstić information content (AvgIpc) is 3.28. The summed E-state index contributed by atoms with van der Waals surface area (Å²) in [5, 5.41) is 1.60. The van der Waals surface area contributed by atoms with Gasteiger partial charge >= 0.3 is 11.9 Å². The number of benzene rings is 3. The first kappa shape index (κ1) is 36.4. The first-order valence-corrected chi connectivity index (χ1v) is 18.7. The van der Waals surface area contributed by atoms with Gasteiger partial charge in [0.25, 0.3) is 18.4 Å². The summed E-state index contributed by atoms with van der Waals surface area (Å²) in [5.74, 6) is -1.30. The van der Waals surface area contributed by atoms with Gasteiger partial charge in [-0.25, -0.2) is 0 Å². The summed E-state index contributed by atoms with van der Waals surface area (Å²) in [5.41, 5.74) is -0.580. The molecule has 1 fully saturated rings. The van der Waals surface area contributed by atoms with Gasteiger partial charge in [0.15, 0.2) is 6.10 Å². The van der Waals surface area contributed by atoms with E-state index in [2.05, 4.69) is 20.8 Å². The van der Waals surface area contributed by atoms with Crippen LogP contribution in [-0.2, 0) is 47.3 Å². The summed E-state index contributed by atoms with van der Waals surface area (Å²) >= 11 is 0. The minimum absolute atomic E-state index is 0.00641. The van der Waals surface area contributed by atoms with E-state index >= 15 is 0 Å². The predicted octanol–water partition coefficient (Wildman–Crippen LogP) is 4.27. The van der Waals surface area contributed by atoms with Gasteiger partial charge in [-0.05, 0) is 34.5 Å². The van der Waals surface area contributed by atoms with Gasteiger partial charge in [0.2, 0.25) is 6.29 Å². The van der Waals surface area contributed by atoms with Crippen LogP contribution < -0.4 is 10.4 Å². The molecule has 12 heteroatoms. The average molecular weight is 685 g/mol. The molecule has 10 nitrogen and oxygen atoms in total. The summed E-state index contributed by atoms with van der Waals surface area (Å²) < 4.78 is 62.5. The van der Waals surface area contributed by atoms with E-state index in [0.29, 0.717) is 0 Å². The summed E-state index contributed by atoms with van der Waals surface area (Å²) in [6.07, 6.45) is -3.63. The molecule has 0 bridgehead atoms. The van der Waals surface area contributed by atoms with Crippen molar-refractivity contribution in [1.82, 2.24) is 0 Å².